The van der Waals surface area contributed by atoms with E-state index in [1.54, 1.807) is 11.1 Å². The second kappa shape index (κ2) is 7.17. The lowest BCUT2D eigenvalue weighted by Crippen LogP contribution is -2.30. The van der Waals surface area contributed by atoms with Gasteiger partial charge in [0, 0.05) is 37.3 Å². The first-order valence-corrected chi connectivity index (χ1v) is 8.93. The number of primary sulfonamides is 1. The molecule has 0 spiro atoms. The van der Waals surface area contributed by atoms with Crippen molar-refractivity contribution >= 4 is 15.9 Å². The number of nitrogens with two attached hydrogens (primary N) is 1. The summed E-state index contributed by atoms with van der Waals surface area (Å²) in [6.45, 7) is 0.748. The van der Waals surface area contributed by atoms with Gasteiger partial charge in [-0.05, 0) is 25.0 Å². The molecule has 8 heteroatoms. The fraction of sp³-hybridized carbons (Fsp3) is 0.571. The first-order chi connectivity index (χ1) is 10.3. The first-order valence-electron chi connectivity index (χ1n) is 7.21. The summed E-state index contributed by atoms with van der Waals surface area (Å²) in [6.07, 6.45) is 2.06. The first kappa shape index (κ1) is 16.9. The number of carbonyl (C=O) groups excluding carboxylic acids is 1. The summed E-state index contributed by atoms with van der Waals surface area (Å²) in [6, 6.07) is 5.61. The molecule has 0 unspecified atom stereocenters. The molecule has 3 N–H and O–H groups in total. The molecule has 22 heavy (non-hydrogen) atoms. The molecule has 1 fully saturated rings. The number of aliphatic hydroxyl groups excluding tert-OH is 1. The molecule has 1 aliphatic rings. The predicted octanol–water partition coefficient (Wildman–Crippen LogP) is -0.488. The Kier molecular flexibility index (Phi) is 5.49. The Morgan fingerprint density at radius 3 is 2.82 bits per heavy atom. The maximum atomic E-state index is 12.0. The van der Waals surface area contributed by atoms with E-state index in [0.717, 1.165) is 5.69 Å². The highest BCUT2D eigenvalue weighted by Gasteiger charge is 2.33. The van der Waals surface area contributed by atoms with Crippen LogP contribution in [0.25, 0.3) is 0 Å². The van der Waals surface area contributed by atoms with Crippen LogP contribution in [0.1, 0.15) is 18.5 Å². The lowest BCUT2D eigenvalue weighted by atomic mass is 10.00. The van der Waals surface area contributed by atoms with Gasteiger partial charge in [0.2, 0.25) is 15.9 Å². The van der Waals surface area contributed by atoms with Gasteiger partial charge in [-0.1, -0.05) is 6.07 Å². The Morgan fingerprint density at radius 2 is 2.18 bits per heavy atom. The van der Waals surface area contributed by atoms with Crippen molar-refractivity contribution in [1.29, 1.82) is 0 Å². The number of rotatable bonds is 6. The van der Waals surface area contributed by atoms with Crippen LogP contribution in [0.3, 0.4) is 0 Å². The van der Waals surface area contributed by atoms with E-state index in [1.165, 1.54) is 0 Å². The van der Waals surface area contributed by atoms with Crippen molar-refractivity contribution < 1.29 is 18.3 Å². The van der Waals surface area contributed by atoms with E-state index in [-0.39, 0.29) is 37.0 Å². The summed E-state index contributed by atoms with van der Waals surface area (Å²) in [5.41, 5.74) is 0.884. The highest BCUT2D eigenvalue weighted by molar-refractivity contribution is 7.89. The summed E-state index contributed by atoms with van der Waals surface area (Å²) >= 11 is 0. The van der Waals surface area contributed by atoms with Crippen molar-refractivity contribution in [1.82, 2.24) is 9.88 Å². The Morgan fingerprint density at radius 1 is 1.41 bits per heavy atom. The zero-order valence-electron chi connectivity index (χ0n) is 12.3. The van der Waals surface area contributed by atoms with Crippen LogP contribution in [0.4, 0.5) is 0 Å². The lowest BCUT2D eigenvalue weighted by molar-refractivity contribution is -0.130. The molecule has 2 heterocycles. The smallest absolute Gasteiger partial charge is 0.222 e. The van der Waals surface area contributed by atoms with Gasteiger partial charge in [-0.3, -0.25) is 9.78 Å². The monoisotopic (exact) mass is 327 g/mol. The number of carbonyl (C=O) groups is 1. The van der Waals surface area contributed by atoms with Crippen molar-refractivity contribution in [2.24, 2.45) is 11.1 Å². The van der Waals surface area contributed by atoms with Crippen LogP contribution >= 0.6 is 0 Å². The Hall–Kier alpha value is -1.51. The van der Waals surface area contributed by atoms with Crippen molar-refractivity contribution in [2.45, 2.75) is 25.4 Å². The van der Waals surface area contributed by atoms with Crippen LogP contribution < -0.4 is 5.14 Å². The van der Waals surface area contributed by atoms with Crippen LogP contribution in [0.15, 0.2) is 24.4 Å². The molecule has 1 amide bonds. The van der Waals surface area contributed by atoms with E-state index in [4.69, 9.17) is 5.14 Å². The number of β-amino-alcohol motifs (C(OH)–C–C–N with tert-alkyl or cyclic N) is 1. The third-order valence-corrected chi connectivity index (χ3v) is 4.63. The number of nitrogens with zero attached hydrogens (tertiary/aromatic N) is 2. The van der Waals surface area contributed by atoms with Crippen LogP contribution in [0.5, 0.6) is 0 Å². The molecule has 0 saturated carbocycles. The molecular weight excluding hydrogens is 306 g/mol. The highest BCUT2D eigenvalue weighted by atomic mass is 32.2. The normalized spacial score (nSPS) is 22.0. The molecule has 2 atom stereocenters. The van der Waals surface area contributed by atoms with E-state index in [9.17, 15) is 18.3 Å². The average molecular weight is 327 g/mol. The second-order valence-corrected chi connectivity index (χ2v) is 7.36. The summed E-state index contributed by atoms with van der Waals surface area (Å²) in [5.74, 6) is -0.393. The molecule has 122 valence electrons. The van der Waals surface area contributed by atoms with Crippen LogP contribution in [-0.2, 0) is 21.2 Å². The van der Waals surface area contributed by atoms with Crippen molar-refractivity contribution in [3.05, 3.63) is 30.1 Å². The maximum Gasteiger partial charge on any atom is 0.222 e. The van der Waals surface area contributed by atoms with E-state index < -0.39 is 16.1 Å². The number of amides is 1. The number of pyridine rings is 1. The third-order valence-electron chi connectivity index (χ3n) is 3.78. The molecule has 1 aromatic rings. The van der Waals surface area contributed by atoms with Gasteiger partial charge < -0.3 is 10.0 Å². The molecule has 1 aromatic heterocycles. The number of sulfonamides is 1. The molecule has 0 radical (unpaired) electrons. The average Bonchev–Trinajstić information content (AvgIpc) is 2.80. The van der Waals surface area contributed by atoms with Gasteiger partial charge in [-0.15, -0.1) is 0 Å². The number of aliphatic hydroxyl groups is 1. The van der Waals surface area contributed by atoms with E-state index >= 15 is 0 Å². The number of aromatic nitrogens is 1. The van der Waals surface area contributed by atoms with Gasteiger partial charge >= 0.3 is 0 Å². The van der Waals surface area contributed by atoms with Gasteiger partial charge in [-0.25, -0.2) is 13.6 Å². The fourth-order valence-electron chi connectivity index (χ4n) is 2.63. The minimum Gasteiger partial charge on any atom is -0.391 e. The van der Waals surface area contributed by atoms with Crippen molar-refractivity contribution in [3.8, 4) is 0 Å². The van der Waals surface area contributed by atoms with E-state index in [0.29, 0.717) is 13.0 Å². The van der Waals surface area contributed by atoms with Gasteiger partial charge in [0.1, 0.15) is 0 Å². The lowest BCUT2D eigenvalue weighted by Gasteiger charge is -2.15. The summed E-state index contributed by atoms with van der Waals surface area (Å²) < 4.78 is 21.7. The Labute approximate surface area is 130 Å². The largest absolute Gasteiger partial charge is 0.391 e. The van der Waals surface area contributed by atoms with E-state index in [2.05, 4.69) is 4.98 Å². The fourth-order valence-corrected chi connectivity index (χ4v) is 3.18. The minimum atomic E-state index is -3.53. The van der Waals surface area contributed by atoms with Gasteiger partial charge in [0.25, 0.3) is 0 Å². The standard InChI is InChI=1S/C14H21N3O4S/c15-22(20,21)7-3-5-14(19)17-9-11(13(18)10-17)8-12-4-1-2-6-16-12/h1-2,4,6,11,13,18H,3,5,7-10H2,(H2,15,20,21)/t11-,13-/m1/s1. The van der Waals surface area contributed by atoms with Gasteiger partial charge in [0.05, 0.1) is 11.9 Å². The number of likely N-dealkylation sites (tertiary alicyclic amines) is 1. The Balaban J connectivity index is 1.83. The molecule has 1 saturated heterocycles. The topological polar surface area (TPSA) is 114 Å². The highest BCUT2D eigenvalue weighted by Crippen LogP contribution is 2.21. The van der Waals surface area contributed by atoms with Gasteiger partial charge in [-0.2, -0.15) is 0 Å². The SMILES string of the molecule is NS(=O)(=O)CCCC(=O)N1C[C@@H](Cc2ccccn2)[C@H](O)C1. The molecular formula is C14H21N3O4S. The summed E-state index contributed by atoms with van der Waals surface area (Å²) in [7, 11) is -3.53. The number of hydrogen-bond acceptors (Lipinski definition) is 5. The zero-order chi connectivity index (χ0) is 16.2. The molecule has 7 nitrogen and oxygen atoms in total. The summed E-state index contributed by atoms with van der Waals surface area (Å²) in [4.78, 5) is 17.9. The molecule has 0 aromatic carbocycles. The van der Waals surface area contributed by atoms with Crippen molar-refractivity contribution in [3.63, 3.8) is 0 Å². The quantitative estimate of drug-likeness (QED) is 0.732. The van der Waals surface area contributed by atoms with Crippen LogP contribution in [0.2, 0.25) is 0 Å². The molecule has 0 aliphatic carbocycles. The molecule has 1 aliphatic heterocycles. The summed E-state index contributed by atoms with van der Waals surface area (Å²) in [5, 5.41) is 15.0. The zero-order valence-corrected chi connectivity index (χ0v) is 13.1. The van der Waals surface area contributed by atoms with Gasteiger partial charge in [0.15, 0.2) is 0 Å². The maximum absolute atomic E-state index is 12.0. The number of hydrogen-bond donors (Lipinski definition) is 2. The third kappa shape index (κ3) is 5.04. The van der Waals surface area contributed by atoms with Crippen LogP contribution in [0, 0.1) is 5.92 Å². The Bertz CT molecular complexity index is 606. The van der Waals surface area contributed by atoms with Crippen LogP contribution in [-0.4, -0.2) is 54.3 Å². The van der Waals surface area contributed by atoms with E-state index in [1.807, 2.05) is 18.2 Å². The van der Waals surface area contributed by atoms with Crippen molar-refractivity contribution in [2.75, 3.05) is 18.8 Å². The minimum absolute atomic E-state index is 0.0444. The second-order valence-electron chi connectivity index (χ2n) is 5.62. The molecule has 2 rings (SSSR count). The predicted molar refractivity (Wildman–Crippen MR) is 81.2 cm³/mol. The molecule has 0 bridgehead atoms.